The van der Waals surface area contributed by atoms with Gasteiger partial charge in [-0.1, -0.05) is 25.0 Å². The van der Waals surface area contributed by atoms with Crippen molar-refractivity contribution >= 4 is 16.8 Å². The van der Waals surface area contributed by atoms with E-state index in [1.54, 1.807) is 48.0 Å². The van der Waals surface area contributed by atoms with Crippen molar-refractivity contribution in [3.63, 3.8) is 0 Å². The van der Waals surface area contributed by atoms with Crippen molar-refractivity contribution < 1.29 is 13.9 Å². The largest absolute Gasteiger partial charge is 0.489 e. The summed E-state index contributed by atoms with van der Waals surface area (Å²) in [5, 5.41) is 0.534. The summed E-state index contributed by atoms with van der Waals surface area (Å²) in [6.07, 6.45) is 5.05. The van der Waals surface area contributed by atoms with Gasteiger partial charge in [0.1, 0.15) is 12.4 Å². The van der Waals surface area contributed by atoms with Crippen LogP contribution in [0.25, 0.3) is 10.9 Å². The van der Waals surface area contributed by atoms with E-state index >= 15 is 0 Å². The van der Waals surface area contributed by atoms with Gasteiger partial charge in [0, 0.05) is 25.6 Å². The zero-order chi connectivity index (χ0) is 21.8. The first-order valence-corrected chi connectivity index (χ1v) is 10.7. The summed E-state index contributed by atoms with van der Waals surface area (Å²) in [4.78, 5) is 32.0. The van der Waals surface area contributed by atoms with Crippen LogP contribution in [0.2, 0.25) is 0 Å². The maximum atomic E-state index is 13.6. The Morgan fingerprint density at radius 3 is 2.81 bits per heavy atom. The van der Waals surface area contributed by atoms with Crippen LogP contribution in [0.1, 0.15) is 41.9 Å². The molecule has 6 nitrogen and oxygen atoms in total. The number of carbonyl (C=O) groups excluding carboxylic acids is 1. The number of aryl methyl sites for hydroxylation is 1. The lowest BCUT2D eigenvalue weighted by Gasteiger charge is -2.19. The van der Waals surface area contributed by atoms with Crippen molar-refractivity contribution in [2.45, 2.75) is 38.6 Å². The Morgan fingerprint density at radius 1 is 1.16 bits per heavy atom. The molecular weight excluding hydrogens is 397 g/mol. The Balaban J connectivity index is 1.50. The zero-order valence-electron chi connectivity index (χ0n) is 17.6. The second-order valence-corrected chi connectivity index (χ2v) is 7.89. The molecule has 4 rings (SSSR count). The third-order valence-electron chi connectivity index (χ3n) is 5.68. The standard InChI is InChI=1S/C24H26FN3O3/c1-27(14-15-31-21-9-6-5-8-19(21)25)23(29)17-11-12-18-20(16-17)26-22-10-4-2-3-7-13-28(22)24(18)30/h5-6,8-9,11-12,16H,2-4,7,10,13-15H2,1H3. The molecule has 1 aromatic heterocycles. The molecule has 2 heterocycles. The van der Waals surface area contributed by atoms with Crippen LogP contribution in [-0.4, -0.2) is 40.6 Å². The number of ether oxygens (including phenoxy) is 1. The monoisotopic (exact) mass is 423 g/mol. The Morgan fingerprint density at radius 2 is 1.97 bits per heavy atom. The molecule has 0 saturated carbocycles. The van der Waals surface area contributed by atoms with Gasteiger partial charge >= 0.3 is 0 Å². The molecule has 0 aliphatic carbocycles. The quantitative estimate of drug-likeness (QED) is 0.626. The molecule has 0 radical (unpaired) electrons. The summed E-state index contributed by atoms with van der Waals surface area (Å²) in [5.41, 5.74) is 0.981. The first-order valence-electron chi connectivity index (χ1n) is 10.7. The molecule has 0 bridgehead atoms. The van der Waals surface area contributed by atoms with Crippen molar-refractivity contribution in [1.29, 1.82) is 0 Å². The molecule has 1 amide bonds. The fourth-order valence-electron chi connectivity index (χ4n) is 3.90. The van der Waals surface area contributed by atoms with Gasteiger partial charge in [-0.25, -0.2) is 9.37 Å². The summed E-state index contributed by atoms with van der Waals surface area (Å²) in [6.45, 7) is 1.16. The van der Waals surface area contributed by atoms with Crippen LogP contribution in [-0.2, 0) is 13.0 Å². The highest BCUT2D eigenvalue weighted by Gasteiger charge is 2.17. The highest BCUT2D eigenvalue weighted by atomic mass is 19.1. The van der Waals surface area contributed by atoms with E-state index in [0.29, 0.717) is 29.6 Å². The van der Waals surface area contributed by atoms with Gasteiger partial charge in [0.2, 0.25) is 0 Å². The molecule has 31 heavy (non-hydrogen) atoms. The van der Waals surface area contributed by atoms with Crippen LogP contribution in [0.4, 0.5) is 4.39 Å². The summed E-state index contributed by atoms with van der Waals surface area (Å²) >= 11 is 0. The molecule has 0 unspecified atom stereocenters. The van der Waals surface area contributed by atoms with E-state index in [1.807, 2.05) is 0 Å². The first kappa shape index (κ1) is 21.0. The molecule has 0 spiro atoms. The smallest absolute Gasteiger partial charge is 0.261 e. The van der Waals surface area contributed by atoms with Crippen LogP contribution in [0.5, 0.6) is 5.75 Å². The minimum Gasteiger partial charge on any atom is -0.489 e. The number of fused-ring (bicyclic) bond motifs is 2. The van der Waals surface area contributed by atoms with E-state index < -0.39 is 5.82 Å². The molecule has 0 fully saturated rings. The average molecular weight is 423 g/mol. The fraction of sp³-hybridized carbons (Fsp3) is 0.375. The summed E-state index contributed by atoms with van der Waals surface area (Å²) in [7, 11) is 1.67. The topological polar surface area (TPSA) is 64.4 Å². The van der Waals surface area contributed by atoms with E-state index in [2.05, 4.69) is 0 Å². The molecule has 162 valence electrons. The zero-order valence-corrected chi connectivity index (χ0v) is 17.6. The molecule has 2 aromatic carbocycles. The number of hydrogen-bond donors (Lipinski definition) is 0. The summed E-state index contributed by atoms with van der Waals surface area (Å²) in [5.74, 6) is 0.328. The highest BCUT2D eigenvalue weighted by molar-refractivity contribution is 5.97. The number of benzene rings is 2. The molecule has 0 atom stereocenters. The van der Waals surface area contributed by atoms with Gasteiger partial charge in [0.25, 0.3) is 11.5 Å². The Kier molecular flexibility index (Phi) is 6.30. The van der Waals surface area contributed by atoms with Crippen molar-refractivity contribution in [1.82, 2.24) is 14.5 Å². The minimum atomic E-state index is -0.432. The number of rotatable bonds is 5. The van der Waals surface area contributed by atoms with Gasteiger partial charge in [-0.05, 0) is 43.2 Å². The molecular formula is C24H26FN3O3. The number of likely N-dealkylation sites (N-methyl/N-ethyl adjacent to an activating group) is 1. The first-order chi connectivity index (χ1) is 15.0. The van der Waals surface area contributed by atoms with E-state index in [-0.39, 0.29) is 23.8 Å². The molecule has 0 N–H and O–H groups in total. The van der Waals surface area contributed by atoms with Crippen LogP contribution >= 0.6 is 0 Å². The number of carbonyl (C=O) groups is 1. The number of nitrogens with zero attached hydrogens (tertiary/aromatic N) is 3. The lowest BCUT2D eigenvalue weighted by Crippen LogP contribution is -2.31. The molecule has 3 aromatic rings. The Bertz CT molecular complexity index is 1160. The maximum Gasteiger partial charge on any atom is 0.261 e. The molecule has 1 aliphatic rings. The predicted octanol–water partition coefficient (Wildman–Crippen LogP) is 3.80. The normalized spacial score (nSPS) is 13.9. The number of para-hydroxylation sites is 1. The third kappa shape index (κ3) is 4.60. The maximum absolute atomic E-state index is 13.6. The van der Waals surface area contributed by atoms with Gasteiger partial charge < -0.3 is 9.64 Å². The molecule has 1 aliphatic heterocycles. The lowest BCUT2D eigenvalue weighted by molar-refractivity contribution is 0.0773. The van der Waals surface area contributed by atoms with E-state index in [4.69, 9.17) is 9.72 Å². The molecule has 7 heteroatoms. The average Bonchev–Trinajstić information content (AvgIpc) is 2.75. The second-order valence-electron chi connectivity index (χ2n) is 7.89. The van der Waals surface area contributed by atoms with Crippen LogP contribution in [0.15, 0.2) is 47.3 Å². The molecule has 0 saturated heterocycles. The van der Waals surface area contributed by atoms with Crippen LogP contribution in [0, 0.1) is 5.82 Å². The highest BCUT2D eigenvalue weighted by Crippen LogP contribution is 2.18. The van der Waals surface area contributed by atoms with Gasteiger partial charge in [0.15, 0.2) is 11.6 Å². The van der Waals surface area contributed by atoms with Crippen molar-refractivity contribution in [3.8, 4) is 5.75 Å². The van der Waals surface area contributed by atoms with E-state index in [0.717, 1.165) is 37.9 Å². The number of halogens is 1. The van der Waals surface area contributed by atoms with Gasteiger partial charge in [0.05, 0.1) is 17.4 Å². The minimum absolute atomic E-state index is 0.0347. The van der Waals surface area contributed by atoms with Gasteiger partial charge in [-0.3, -0.25) is 14.2 Å². The van der Waals surface area contributed by atoms with Crippen molar-refractivity contribution in [3.05, 3.63) is 70.0 Å². The fourth-order valence-corrected chi connectivity index (χ4v) is 3.90. The summed E-state index contributed by atoms with van der Waals surface area (Å²) < 4.78 is 20.9. The lowest BCUT2D eigenvalue weighted by atomic mass is 10.1. The third-order valence-corrected chi connectivity index (χ3v) is 5.68. The Labute approximate surface area is 180 Å². The second kappa shape index (κ2) is 9.29. The van der Waals surface area contributed by atoms with Crippen molar-refractivity contribution in [2.24, 2.45) is 0 Å². The van der Waals surface area contributed by atoms with Crippen molar-refractivity contribution in [2.75, 3.05) is 20.2 Å². The van der Waals surface area contributed by atoms with E-state index in [9.17, 15) is 14.0 Å². The van der Waals surface area contributed by atoms with Gasteiger partial charge in [-0.15, -0.1) is 0 Å². The van der Waals surface area contributed by atoms with E-state index in [1.165, 1.54) is 11.0 Å². The number of amides is 1. The number of hydrogen-bond acceptors (Lipinski definition) is 4. The predicted molar refractivity (Wildman–Crippen MR) is 117 cm³/mol. The Hall–Kier alpha value is -3.22. The SMILES string of the molecule is CN(CCOc1ccccc1F)C(=O)c1ccc2c(=O)n3c(nc2c1)CCCCCC3. The number of aromatic nitrogens is 2. The van der Waals surface area contributed by atoms with Crippen LogP contribution < -0.4 is 10.3 Å². The van der Waals surface area contributed by atoms with Gasteiger partial charge in [-0.2, -0.15) is 0 Å². The van der Waals surface area contributed by atoms with Crippen LogP contribution in [0.3, 0.4) is 0 Å². The summed E-state index contributed by atoms with van der Waals surface area (Å²) in [6, 6.07) is 11.2.